The molecule has 1 N–H and O–H groups in total. The van der Waals surface area contributed by atoms with Crippen molar-refractivity contribution in [2.45, 2.75) is 59.3 Å². The van der Waals surface area contributed by atoms with Crippen LogP contribution in [0.25, 0.3) is 21.9 Å². The fraction of sp³-hybridized carbons (Fsp3) is 0.500. The Labute approximate surface area is 176 Å². The summed E-state index contributed by atoms with van der Waals surface area (Å²) in [5.74, 6) is -0.0820. The molecule has 2 heterocycles. The van der Waals surface area contributed by atoms with Gasteiger partial charge >= 0.3 is 5.63 Å². The standard InChI is InChI=1S/C24H31NO5/c1-14-16(8-9-20(26)25-10-7-11-28-6)23(27)30-22-15(2)21-18(12-17(14)22)19(13-29-21)24(3,4)5/h12-13H,7-11H2,1-6H3,(H,25,26). The number of nitrogens with one attached hydrogen (secondary N) is 1. The molecule has 0 spiro atoms. The van der Waals surface area contributed by atoms with Crippen molar-refractivity contribution in [3.8, 4) is 0 Å². The van der Waals surface area contributed by atoms with Gasteiger partial charge in [-0.25, -0.2) is 4.79 Å². The molecule has 0 radical (unpaired) electrons. The van der Waals surface area contributed by atoms with Gasteiger partial charge < -0.3 is 18.9 Å². The molecule has 0 unspecified atom stereocenters. The number of hydrogen-bond acceptors (Lipinski definition) is 5. The predicted octanol–water partition coefficient (Wildman–Crippen LogP) is 4.54. The monoisotopic (exact) mass is 413 g/mol. The zero-order chi connectivity index (χ0) is 22.1. The molecule has 0 atom stereocenters. The number of fused-ring (bicyclic) bond motifs is 2. The van der Waals surface area contributed by atoms with Crippen LogP contribution in [0, 0.1) is 13.8 Å². The van der Waals surface area contributed by atoms with Gasteiger partial charge in [0.15, 0.2) is 0 Å². The number of furan rings is 1. The molecule has 0 fully saturated rings. The molecule has 0 bridgehead atoms. The minimum atomic E-state index is -0.391. The van der Waals surface area contributed by atoms with E-state index in [1.54, 1.807) is 13.4 Å². The quantitative estimate of drug-likeness (QED) is 0.454. The van der Waals surface area contributed by atoms with Crippen LogP contribution in [0.3, 0.4) is 0 Å². The smallest absolute Gasteiger partial charge is 0.339 e. The van der Waals surface area contributed by atoms with Gasteiger partial charge in [-0.3, -0.25) is 4.79 Å². The molecule has 0 saturated heterocycles. The number of amides is 1. The van der Waals surface area contributed by atoms with Gasteiger partial charge in [-0.1, -0.05) is 20.8 Å². The molecule has 30 heavy (non-hydrogen) atoms. The zero-order valence-corrected chi connectivity index (χ0v) is 18.7. The number of aryl methyl sites for hydroxylation is 2. The van der Waals surface area contributed by atoms with Gasteiger partial charge in [-0.15, -0.1) is 0 Å². The van der Waals surface area contributed by atoms with E-state index in [1.165, 1.54) is 0 Å². The van der Waals surface area contributed by atoms with Crippen molar-refractivity contribution in [2.24, 2.45) is 0 Å². The SMILES string of the molecule is COCCCNC(=O)CCc1c(C)c2cc3c(C(C)(C)C)coc3c(C)c2oc1=O. The van der Waals surface area contributed by atoms with Crippen molar-refractivity contribution >= 4 is 27.8 Å². The minimum Gasteiger partial charge on any atom is -0.464 e. The molecule has 0 saturated carbocycles. The van der Waals surface area contributed by atoms with Crippen LogP contribution in [0.15, 0.2) is 26.0 Å². The second kappa shape index (κ2) is 8.64. The van der Waals surface area contributed by atoms with E-state index < -0.39 is 5.63 Å². The van der Waals surface area contributed by atoms with Crippen molar-refractivity contribution in [1.29, 1.82) is 0 Å². The lowest BCUT2D eigenvalue weighted by Crippen LogP contribution is -2.26. The highest BCUT2D eigenvalue weighted by Gasteiger charge is 2.23. The summed E-state index contributed by atoms with van der Waals surface area (Å²) in [7, 11) is 1.63. The summed E-state index contributed by atoms with van der Waals surface area (Å²) in [4.78, 5) is 24.8. The van der Waals surface area contributed by atoms with E-state index in [-0.39, 0.29) is 17.7 Å². The van der Waals surface area contributed by atoms with Gasteiger partial charge in [-0.2, -0.15) is 0 Å². The Balaban J connectivity index is 1.96. The summed E-state index contributed by atoms with van der Waals surface area (Å²) in [6, 6.07) is 2.05. The Hall–Kier alpha value is -2.60. The lowest BCUT2D eigenvalue weighted by atomic mass is 9.86. The highest BCUT2D eigenvalue weighted by molar-refractivity contribution is 6.00. The van der Waals surface area contributed by atoms with Crippen molar-refractivity contribution in [2.75, 3.05) is 20.3 Å². The fourth-order valence-corrected chi connectivity index (χ4v) is 3.84. The van der Waals surface area contributed by atoms with Crippen LogP contribution in [-0.4, -0.2) is 26.2 Å². The molecule has 162 valence electrons. The van der Waals surface area contributed by atoms with Crippen LogP contribution in [-0.2, 0) is 21.4 Å². The second-order valence-corrected chi connectivity index (χ2v) is 8.84. The number of rotatable bonds is 7. The van der Waals surface area contributed by atoms with E-state index in [1.807, 2.05) is 19.9 Å². The molecule has 0 aliphatic heterocycles. The molecule has 1 aromatic carbocycles. The molecule has 3 aromatic rings. The van der Waals surface area contributed by atoms with Gasteiger partial charge in [0, 0.05) is 54.1 Å². The molecular weight excluding hydrogens is 382 g/mol. The third kappa shape index (κ3) is 4.29. The Morgan fingerprint density at radius 2 is 1.87 bits per heavy atom. The predicted molar refractivity (Wildman–Crippen MR) is 118 cm³/mol. The second-order valence-electron chi connectivity index (χ2n) is 8.84. The molecule has 6 heteroatoms. The van der Waals surface area contributed by atoms with Gasteiger partial charge in [0.2, 0.25) is 5.91 Å². The van der Waals surface area contributed by atoms with Crippen LogP contribution >= 0.6 is 0 Å². The summed E-state index contributed by atoms with van der Waals surface area (Å²) >= 11 is 0. The number of hydrogen-bond donors (Lipinski definition) is 1. The summed E-state index contributed by atoms with van der Waals surface area (Å²) in [6.07, 6.45) is 3.13. The Bertz CT molecular complexity index is 1130. The van der Waals surface area contributed by atoms with Crippen molar-refractivity contribution in [3.05, 3.63) is 45.0 Å². The normalized spacial score (nSPS) is 12.1. The van der Waals surface area contributed by atoms with Gasteiger partial charge in [0.1, 0.15) is 11.2 Å². The van der Waals surface area contributed by atoms with Crippen LogP contribution < -0.4 is 10.9 Å². The Kier molecular flexibility index (Phi) is 6.36. The van der Waals surface area contributed by atoms with Crippen molar-refractivity contribution in [3.63, 3.8) is 0 Å². The van der Waals surface area contributed by atoms with Crippen LogP contribution in [0.1, 0.15) is 55.9 Å². The summed E-state index contributed by atoms with van der Waals surface area (Å²) in [5.41, 5.74) is 4.18. The molecule has 0 aliphatic rings. The lowest BCUT2D eigenvalue weighted by Gasteiger charge is -2.17. The Morgan fingerprint density at radius 1 is 1.13 bits per heavy atom. The topological polar surface area (TPSA) is 81.7 Å². The molecule has 6 nitrogen and oxygen atoms in total. The van der Waals surface area contributed by atoms with E-state index in [4.69, 9.17) is 13.6 Å². The van der Waals surface area contributed by atoms with Crippen LogP contribution in [0.5, 0.6) is 0 Å². The lowest BCUT2D eigenvalue weighted by molar-refractivity contribution is -0.121. The number of carbonyl (C=O) groups excluding carboxylic acids is 1. The highest BCUT2D eigenvalue weighted by Crippen LogP contribution is 2.37. The molecule has 0 aliphatic carbocycles. The minimum absolute atomic E-state index is 0.0708. The maximum atomic E-state index is 12.7. The average Bonchev–Trinajstić information content (AvgIpc) is 3.11. The maximum absolute atomic E-state index is 12.7. The Morgan fingerprint density at radius 3 is 2.53 bits per heavy atom. The first kappa shape index (κ1) is 22.1. The largest absolute Gasteiger partial charge is 0.464 e. The fourth-order valence-electron chi connectivity index (χ4n) is 3.84. The third-order valence-corrected chi connectivity index (χ3v) is 5.60. The average molecular weight is 414 g/mol. The van der Waals surface area contributed by atoms with Gasteiger partial charge in [0.05, 0.1) is 6.26 Å². The first-order valence-corrected chi connectivity index (χ1v) is 10.4. The molecule has 1 amide bonds. The molecular formula is C24H31NO5. The highest BCUT2D eigenvalue weighted by atomic mass is 16.5. The van der Waals surface area contributed by atoms with E-state index in [0.717, 1.165) is 39.5 Å². The number of carbonyl (C=O) groups is 1. The third-order valence-electron chi connectivity index (χ3n) is 5.60. The van der Waals surface area contributed by atoms with E-state index in [2.05, 4.69) is 26.1 Å². The zero-order valence-electron chi connectivity index (χ0n) is 18.7. The van der Waals surface area contributed by atoms with Gasteiger partial charge in [0.25, 0.3) is 0 Å². The maximum Gasteiger partial charge on any atom is 0.339 e. The number of methoxy groups -OCH3 is 1. The van der Waals surface area contributed by atoms with E-state index in [0.29, 0.717) is 30.7 Å². The van der Waals surface area contributed by atoms with E-state index in [9.17, 15) is 9.59 Å². The van der Waals surface area contributed by atoms with Crippen molar-refractivity contribution in [1.82, 2.24) is 5.32 Å². The van der Waals surface area contributed by atoms with Gasteiger partial charge in [-0.05, 0) is 43.7 Å². The summed E-state index contributed by atoms with van der Waals surface area (Å²) in [5, 5.41) is 4.78. The summed E-state index contributed by atoms with van der Waals surface area (Å²) < 4.78 is 16.5. The number of ether oxygens (including phenoxy) is 1. The van der Waals surface area contributed by atoms with Crippen molar-refractivity contribution < 1.29 is 18.4 Å². The molecule has 3 rings (SSSR count). The van der Waals surface area contributed by atoms with Crippen LogP contribution in [0.2, 0.25) is 0 Å². The number of benzene rings is 1. The summed E-state index contributed by atoms with van der Waals surface area (Å²) in [6.45, 7) is 11.4. The first-order chi connectivity index (χ1) is 14.1. The van der Waals surface area contributed by atoms with E-state index >= 15 is 0 Å². The molecule has 2 aromatic heterocycles. The van der Waals surface area contributed by atoms with Crippen LogP contribution in [0.4, 0.5) is 0 Å². The first-order valence-electron chi connectivity index (χ1n) is 10.4.